The number of hydrazone groups is 1. The van der Waals surface area contributed by atoms with E-state index in [1.807, 2.05) is 24.9 Å². The Morgan fingerprint density at radius 1 is 1.25 bits per heavy atom. The van der Waals surface area contributed by atoms with Crippen molar-refractivity contribution >= 4 is 17.6 Å². The Kier molecular flexibility index (Phi) is 4.84. The molecule has 3 aliphatic rings. The molecule has 0 bridgehead atoms. The minimum atomic E-state index is -0.398. The fourth-order valence-electron chi connectivity index (χ4n) is 4.40. The molecule has 150 valence electrons. The second kappa shape index (κ2) is 7.18. The van der Waals surface area contributed by atoms with Crippen LogP contribution in [-0.4, -0.2) is 76.0 Å². The van der Waals surface area contributed by atoms with Crippen molar-refractivity contribution < 1.29 is 9.59 Å². The fourth-order valence-corrected chi connectivity index (χ4v) is 4.40. The van der Waals surface area contributed by atoms with Crippen molar-refractivity contribution in [2.45, 2.75) is 52.2 Å². The summed E-state index contributed by atoms with van der Waals surface area (Å²) in [5, 5.41) is 10.2. The molecule has 1 N–H and O–H groups in total. The number of amides is 3. The van der Waals surface area contributed by atoms with E-state index in [4.69, 9.17) is 5.10 Å². The molecule has 0 aliphatic carbocycles. The smallest absolute Gasteiger partial charge is 0.310 e. The van der Waals surface area contributed by atoms with Gasteiger partial charge in [0, 0.05) is 25.8 Å². The number of fused-ring (bicyclic) bond motifs is 3. The molecule has 0 spiro atoms. The number of hydrogen-bond acceptors (Lipinski definition) is 6. The number of urea groups is 1. The third kappa shape index (κ3) is 3.06. The summed E-state index contributed by atoms with van der Waals surface area (Å²) in [6.45, 7) is 7.73. The summed E-state index contributed by atoms with van der Waals surface area (Å²) in [5.74, 6) is -0.116. The molecule has 1 aromatic carbocycles. The van der Waals surface area contributed by atoms with E-state index in [0.717, 1.165) is 12.1 Å². The van der Waals surface area contributed by atoms with E-state index >= 15 is 0 Å². The molecule has 8 nitrogen and oxygen atoms in total. The van der Waals surface area contributed by atoms with E-state index in [1.165, 1.54) is 16.0 Å². The second-order valence-corrected chi connectivity index (χ2v) is 7.91. The van der Waals surface area contributed by atoms with Crippen LogP contribution in [0.1, 0.15) is 31.4 Å². The molecular weight excluding hydrogens is 356 g/mol. The highest BCUT2D eigenvalue weighted by atomic mass is 16.2. The Bertz CT molecular complexity index is 825. The number of aryl methyl sites for hydroxylation is 1. The molecule has 4 rings (SSSR count). The number of carbonyl (C=O) groups is 2. The van der Waals surface area contributed by atoms with Crippen LogP contribution in [0.3, 0.4) is 0 Å². The average Bonchev–Trinajstić information content (AvgIpc) is 3.03. The number of rotatable bonds is 4. The van der Waals surface area contributed by atoms with Crippen molar-refractivity contribution in [3.8, 4) is 0 Å². The summed E-state index contributed by atoms with van der Waals surface area (Å²) < 4.78 is 0. The summed E-state index contributed by atoms with van der Waals surface area (Å²) in [4.78, 5) is 31.0. The van der Waals surface area contributed by atoms with Gasteiger partial charge in [-0.1, -0.05) is 36.8 Å². The predicted octanol–water partition coefficient (Wildman–Crippen LogP) is 1.37. The lowest BCUT2D eigenvalue weighted by atomic mass is 10.1. The maximum Gasteiger partial charge on any atom is 0.327 e. The zero-order chi connectivity index (χ0) is 20.0. The van der Waals surface area contributed by atoms with Gasteiger partial charge in [0.25, 0.3) is 5.91 Å². The number of imide groups is 1. The first kappa shape index (κ1) is 18.9. The van der Waals surface area contributed by atoms with Gasteiger partial charge < -0.3 is 4.90 Å². The van der Waals surface area contributed by atoms with Crippen molar-refractivity contribution in [1.82, 2.24) is 25.0 Å². The van der Waals surface area contributed by atoms with E-state index < -0.39 is 6.04 Å². The molecule has 2 fully saturated rings. The molecule has 3 heterocycles. The van der Waals surface area contributed by atoms with Crippen LogP contribution < -0.4 is 5.32 Å². The van der Waals surface area contributed by atoms with Gasteiger partial charge >= 0.3 is 6.03 Å². The third-order valence-electron chi connectivity index (χ3n) is 5.63. The monoisotopic (exact) mass is 384 g/mol. The van der Waals surface area contributed by atoms with Gasteiger partial charge in [0.1, 0.15) is 12.2 Å². The molecule has 3 unspecified atom stereocenters. The molecule has 0 saturated carbocycles. The highest BCUT2D eigenvalue weighted by Gasteiger charge is 2.56. The summed E-state index contributed by atoms with van der Waals surface area (Å²) in [6, 6.07) is 7.72. The zero-order valence-corrected chi connectivity index (χ0v) is 16.9. The van der Waals surface area contributed by atoms with Crippen LogP contribution in [0.2, 0.25) is 0 Å². The summed E-state index contributed by atoms with van der Waals surface area (Å²) in [6.07, 6.45) is 0.179. The van der Waals surface area contributed by atoms with Crippen LogP contribution in [0, 0.1) is 6.92 Å². The van der Waals surface area contributed by atoms with Crippen molar-refractivity contribution in [2.24, 2.45) is 5.10 Å². The fraction of sp³-hybridized carbons (Fsp3) is 0.550. The van der Waals surface area contributed by atoms with E-state index in [1.54, 1.807) is 11.9 Å². The first-order valence-corrected chi connectivity index (χ1v) is 9.87. The topological polar surface area (TPSA) is 71.5 Å². The molecule has 3 aliphatic heterocycles. The van der Waals surface area contributed by atoms with E-state index in [2.05, 4.69) is 35.3 Å². The molecule has 3 atom stereocenters. The molecule has 1 aromatic rings. The zero-order valence-electron chi connectivity index (χ0n) is 16.9. The Labute approximate surface area is 165 Å². The Morgan fingerprint density at radius 3 is 2.75 bits per heavy atom. The number of nitrogens with zero attached hydrogens (tertiary/aromatic N) is 5. The highest BCUT2D eigenvalue weighted by Crippen LogP contribution is 2.31. The van der Waals surface area contributed by atoms with Gasteiger partial charge in [-0.25, -0.2) is 9.69 Å². The van der Waals surface area contributed by atoms with Crippen LogP contribution in [0.25, 0.3) is 0 Å². The molecule has 2 saturated heterocycles. The Hall–Kier alpha value is -2.45. The minimum absolute atomic E-state index is 0.116. The van der Waals surface area contributed by atoms with Gasteiger partial charge in [-0.15, -0.1) is 0 Å². The number of likely N-dealkylation sites (N-methyl/N-ethyl adjacent to an activating group) is 1. The highest BCUT2D eigenvalue weighted by molar-refractivity contribution is 6.01. The predicted molar refractivity (Wildman–Crippen MR) is 106 cm³/mol. The second-order valence-electron chi connectivity index (χ2n) is 7.91. The quantitative estimate of drug-likeness (QED) is 0.849. The maximum absolute atomic E-state index is 13.2. The first-order valence-electron chi connectivity index (χ1n) is 9.87. The molecule has 28 heavy (non-hydrogen) atoms. The molecule has 3 amide bonds. The summed E-state index contributed by atoms with van der Waals surface area (Å²) >= 11 is 0. The number of carbonyl (C=O) groups excluding carboxylic acids is 2. The molecule has 8 heteroatoms. The van der Waals surface area contributed by atoms with Gasteiger partial charge in [0.05, 0.1) is 6.54 Å². The van der Waals surface area contributed by atoms with Crippen LogP contribution in [0.15, 0.2) is 29.4 Å². The standard InChI is InChI=1S/C20H28N6O2/c1-5-9-24-18(27)16-17(23(4)20(24)28)21-19-25(16)11-14(3)22-26(19)12-15-8-6-7-13(2)10-15/h6-8,10,16-17,19,21H,5,9,11-12H2,1-4H3. The van der Waals surface area contributed by atoms with Gasteiger partial charge in [0.15, 0.2) is 6.29 Å². The minimum Gasteiger partial charge on any atom is -0.310 e. The number of nitrogens with one attached hydrogen (secondary N) is 1. The Balaban J connectivity index is 1.63. The van der Waals surface area contributed by atoms with Gasteiger partial charge in [-0.2, -0.15) is 5.10 Å². The lowest BCUT2D eigenvalue weighted by Crippen LogP contribution is -2.66. The lowest BCUT2D eigenvalue weighted by molar-refractivity contribution is -0.139. The van der Waals surface area contributed by atoms with Gasteiger partial charge in [0.2, 0.25) is 0 Å². The van der Waals surface area contributed by atoms with Crippen molar-refractivity contribution in [2.75, 3.05) is 20.1 Å². The molecule has 0 radical (unpaired) electrons. The summed E-state index contributed by atoms with van der Waals surface area (Å²) in [7, 11) is 1.76. The largest absolute Gasteiger partial charge is 0.327 e. The van der Waals surface area contributed by atoms with E-state index in [9.17, 15) is 9.59 Å². The average molecular weight is 384 g/mol. The first-order chi connectivity index (χ1) is 13.4. The number of benzene rings is 1. The van der Waals surface area contributed by atoms with Crippen molar-refractivity contribution in [3.05, 3.63) is 35.4 Å². The Morgan fingerprint density at radius 2 is 2.04 bits per heavy atom. The summed E-state index contributed by atoms with van der Waals surface area (Å²) in [5.41, 5.74) is 3.33. The van der Waals surface area contributed by atoms with Crippen molar-refractivity contribution in [1.29, 1.82) is 0 Å². The lowest BCUT2D eigenvalue weighted by Gasteiger charge is -2.42. The molecule has 0 aromatic heterocycles. The van der Waals surface area contributed by atoms with E-state index in [0.29, 0.717) is 19.6 Å². The van der Waals surface area contributed by atoms with Crippen LogP contribution in [-0.2, 0) is 11.3 Å². The SMILES string of the molecule is CCCN1C(=O)C2C(NC3N(Cc4cccc(C)c4)N=C(C)CN23)N(C)C1=O. The van der Waals surface area contributed by atoms with Crippen LogP contribution in [0.5, 0.6) is 0 Å². The van der Waals surface area contributed by atoms with E-state index in [-0.39, 0.29) is 24.4 Å². The maximum atomic E-state index is 13.2. The third-order valence-corrected chi connectivity index (χ3v) is 5.63. The number of hydrogen-bond donors (Lipinski definition) is 1. The molecular formula is C20H28N6O2. The van der Waals surface area contributed by atoms with Gasteiger partial charge in [-0.05, 0) is 25.8 Å². The normalized spacial score (nSPS) is 27.8. The van der Waals surface area contributed by atoms with Gasteiger partial charge in [-0.3, -0.25) is 20.0 Å². The van der Waals surface area contributed by atoms with Crippen LogP contribution >= 0.6 is 0 Å². The van der Waals surface area contributed by atoms with Crippen LogP contribution in [0.4, 0.5) is 4.79 Å². The van der Waals surface area contributed by atoms with Crippen molar-refractivity contribution in [3.63, 3.8) is 0 Å².